The second kappa shape index (κ2) is 7.45. The molecule has 34 heavy (non-hydrogen) atoms. The maximum atomic E-state index is 13.3. The molecule has 0 spiro atoms. The van der Waals surface area contributed by atoms with E-state index in [0.717, 1.165) is 47.2 Å². The summed E-state index contributed by atoms with van der Waals surface area (Å²) in [7, 11) is 7.81. The number of aromatic nitrogens is 6. The van der Waals surface area contributed by atoms with Crippen molar-refractivity contribution < 1.29 is 9.53 Å². The lowest BCUT2D eigenvalue weighted by atomic mass is 9.61. The molecule has 0 radical (unpaired) electrons. The number of benzene rings is 1. The number of nitrogens with zero attached hydrogens (tertiary/aromatic N) is 6. The van der Waals surface area contributed by atoms with Crippen LogP contribution >= 0.6 is 0 Å². The number of ether oxygens (including phenoxy) is 1. The number of imidazole rings is 1. The Hall–Kier alpha value is -3.60. The number of nitrogens with one attached hydrogen (secondary N) is 3. The summed E-state index contributed by atoms with van der Waals surface area (Å²) in [4.78, 5) is 17.7. The van der Waals surface area contributed by atoms with Crippen LogP contribution in [-0.4, -0.2) is 70.4 Å². The molecule has 1 aliphatic heterocycles. The van der Waals surface area contributed by atoms with Gasteiger partial charge in [-0.15, -0.1) is 10.2 Å². The van der Waals surface area contributed by atoms with Gasteiger partial charge in [-0.1, -0.05) is 5.21 Å². The minimum atomic E-state index is -0.605. The zero-order valence-corrected chi connectivity index (χ0v) is 19.6. The zero-order chi connectivity index (χ0) is 23.6. The van der Waals surface area contributed by atoms with Crippen LogP contribution in [0.2, 0.25) is 0 Å². The van der Waals surface area contributed by atoms with Gasteiger partial charge in [0, 0.05) is 25.6 Å². The zero-order valence-electron chi connectivity index (χ0n) is 19.6. The first-order valence-corrected chi connectivity index (χ1v) is 11.5. The highest BCUT2D eigenvalue weighted by atomic mass is 16.5. The molecule has 11 nitrogen and oxygen atoms in total. The summed E-state index contributed by atoms with van der Waals surface area (Å²) in [5.74, 6) is 0.326. The van der Waals surface area contributed by atoms with Crippen LogP contribution in [0.1, 0.15) is 35.3 Å². The Morgan fingerprint density at radius 2 is 2.12 bits per heavy atom. The molecule has 1 saturated carbocycles. The molecule has 3 N–H and O–H groups in total. The monoisotopic (exact) mass is 457 g/mol. The maximum Gasteiger partial charge on any atom is 0.271 e. The van der Waals surface area contributed by atoms with Gasteiger partial charge >= 0.3 is 0 Å². The summed E-state index contributed by atoms with van der Waals surface area (Å²) in [5.41, 5.74) is 5.05. The fraction of sp³-hybridized carbons (Fsp3) is 0.381. The van der Waals surface area contributed by atoms with Gasteiger partial charge in [-0.3, -0.25) is 4.79 Å². The normalized spacial score (nSPS) is 21.8. The Morgan fingerprint density at radius 3 is 2.94 bits per heavy atom. The van der Waals surface area contributed by atoms with Crippen molar-refractivity contribution in [1.82, 2.24) is 34.9 Å². The predicted octanol–water partition coefficient (Wildman–Crippen LogP) is -0.146. The van der Waals surface area contributed by atoms with Crippen LogP contribution in [-0.2, 0) is 17.2 Å². The van der Waals surface area contributed by atoms with Crippen LogP contribution in [0, 0.1) is 0 Å². The molecule has 1 amide bonds. The first-order chi connectivity index (χ1) is 16.3. The summed E-state index contributed by atoms with van der Waals surface area (Å²) in [6.45, 7) is 0. The number of hydrogen-bond donors (Lipinski definition) is 3. The molecule has 172 valence electrons. The second-order valence-corrected chi connectivity index (χ2v) is 9.48. The predicted molar refractivity (Wildman–Crippen MR) is 133 cm³/mol. The van der Waals surface area contributed by atoms with E-state index in [-0.39, 0.29) is 18.1 Å². The van der Waals surface area contributed by atoms with Crippen molar-refractivity contribution in [2.24, 2.45) is 7.05 Å². The molecule has 0 saturated heterocycles. The van der Waals surface area contributed by atoms with E-state index in [1.807, 2.05) is 26.2 Å². The molecule has 3 aromatic heterocycles. The highest BCUT2D eigenvalue weighted by Gasteiger charge is 2.36. The lowest BCUT2D eigenvalue weighted by Crippen LogP contribution is -2.46. The van der Waals surface area contributed by atoms with E-state index in [2.05, 4.69) is 53.0 Å². The summed E-state index contributed by atoms with van der Waals surface area (Å²) in [5, 5.41) is 22.4. The average molecular weight is 457 g/mol. The molecule has 4 heterocycles. The summed E-state index contributed by atoms with van der Waals surface area (Å²) < 4.78 is 9.99. The van der Waals surface area contributed by atoms with Crippen molar-refractivity contribution in [2.75, 3.05) is 17.7 Å². The number of carbonyl (C=O) groups is 1. The van der Waals surface area contributed by atoms with Crippen molar-refractivity contribution in [3.63, 3.8) is 0 Å². The highest BCUT2D eigenvalue weighted by molar-refractivity contribution is 6.39. The van der Waals surface area contributed by atoms with Gasteiger partial charge in [0.15, 0.2) is 17.2 Å². The summed E-state index contributed by atoms with van der Waals surface area (Å²) in [6, 6.07) is 5.88. The third kappa shape index (κ3) is 3.22. The van der Waals surface area contributed by atoms with Crippen LogP contribution in [0.25, 0.3) is 16.7 Å². The molecule has 1 fully saturated rings. The number of anilines is 3. The fourth-order valence-corrected chi connectivity index (χ4v) is 5.00. The number of fused-ring (bicyclic) bond motifs is 6. The Kier molecular flexibility index (Phi) is 4.60. The van der Waals surface area contributed by atoms with E-state index < -0.39 is 5.40 Å². The molecule has 1 aliphatic carbocycles. The minimum absolute atomic E-state index is 0.0908. The van der Waals surface area contributed by atoms with Crippen molar-refractivity contribution in [3.8, 4) is 0 Å². The molecule has 13 heteroatoms. The molecular weight excluding hydrogens is 432 g/mol. The third-order valence-corrected chi connectivity index (χ3v) is 6.86. The molecule has 1 aromatic carbocycles. The van der Waals surface area contributed by atoms with Gasteiger partial charge in [0.2, 0.25) is 0 Å². The van der Waals surface area contributed by atoms with Crippen LogP contribution in [0.15, 0.2) is 24.4 Å². The fourth-order valence-electron chi connectivity index (χ4n) is 5.00. The number of hydrogen-bond acceptors (Lipinski definition) is 8. The number of aryl methyl sites for hydroxylation is 1. The van der Waals surface area contributed by atoms with E-state index >= 15 is 0 Å². The van der Waals surface area contributed by atoms with Crippen LogP contribution in [0.4, 0.5) is 17.2 Å². The smallest absolute Gasteiger partial charge is 0.271 e. The minimum Gasteiger partial charge on any atom is -0.385 e. The van der Waals surface area contributed by atoms with Gasteiger partial charge in [0.25, 0.3) is 5.91 Å². The molecular formula is C21H25B2N9O2. The highest BCUT2D eigenvalue weighted by Crippen LogP contribution is 2.34. The lowest BCUT2D eigenvalue weighted by Gasteiger charge is -2.33. The van der Waals surface area contributed by atoms with Gasteiger partial charge < -0.3 is 20.7 Å². The van der Waals surface area contributed by atoms with Crippen molar-refractivity contribution in [2.45, 2.75) is 36.8 Å². The van der Waals surface area contributed by atoms with Gasteiger partial charge in [-0.2, -0.15) is 0 Å². The third-order valence-electron chi connectivity index (χ3n) is 6.86. The number of carbonyl (C=O) groups excluding carboxylic acids is 1. The summed E-state index contributed by atoms with van der Waals surface area (Å²) >= 11 is 0. The van der Waals surface area contributed by atoms with Crippen molar-refractivity contribution >= 4 is 55.5 Å². The number of amides is 1. The van der Waals surface area contributed by atoms with Crippen molar-refractivity contribution in [3.05, 3.63) is 35.7 Å². The molecule has 2 aliphatic rings. The van der Waals surface area contributed by atoms with E-state index in [1.165, 1.54) is 0 Å². The van der Waals surface area contributed by atoms with E-state index in [4.69, 9.17) is 9.84 Å². The molecule has 0 unspecified atom stereocenters. The van der Waals surface area contributed by atoms with E-state index in [9.17, 15) is 4.79 Å². The standard InChI is InChI=1S/C21H25B2N9O2/c1-24-13-8-17-26-12-6-10(7-14-18(12)28-30-31(14)2)21(22,23)34-16-5-3-4-11(16)27-20(33)15-9-25-19(13)32(15)29-17/h6-9,11,16,24H,3-5,22-23H2,1-2H3,(H,26,29)(H,27,33)/t11-,16-/m1/s1. The average Bonchev–Trinajstić information content (AvgIpc) is 3.52. The first-order valence-electron chi connectivity index (χ1n) is 11.5. The first kappa shape index (κ1) is 21.0. The lowest BCUT2D eigenvalue weighted by molar-refractivity contribution is -0.00594. The Balaban J connectivity index is 1.60. The van der Waals surface area contributed by atoms with Crippen molar-refractivity contribution in [1.29, 1.82) is 0 Å². The SMILES string of the molecule is BC1(B)O[C@@H]2CCC[C@H]2NC(=O)c2cnc3c(NC)cc(nn23)Nc2cc1cc1c2nnn1C. The number of rotatable bonds is 1. The van der Waals surface area contributed by atoms with Crippen LogP contribution < -0.4 is 16.0 Å². The second-order valence-electron chi connectivity index (χ2n) is 9.48. The Labute approximate surface area is 197 Å². The van der Waals surface area contributed by atoms with Gasteiger partial charge in [-0.05, 0) is 37.0 Å². The topological polar surface area (TPSA) is 123 Å². The van der Waals surface area contributed by atoms with Gasteiger partial charge in [0.05, 0.1) is 35.2 Å². The van der Waals surface area contributed by atoms with E-state index in [1.54, 1.807) is 15.4 Å². The van der Waals surface area contributed by atoms with Gasteiger partial charge in [0.1, 0.15) is 21.2 Å². The molecule has 6 rings (SSSR count). The Morgan fingerprint density at radius 1 is 1.26 bits per heavy atom. The molecule has 4 bridgehead atoms. The quantitative estimate of drug-likeness (QED) is 0.338. The Bertz CT molecular complexity index is 1450. The molecule has 2 atom stereocenters. The molecule has 4 aromatic rings. The summed E-state index contributed by atoms with van der Waals surface area (Å²) in [6.07, 6.45) is 4.19. The van der Waals surface area contributed by atoms with E-state index in [0.29, 0.717) is 17.2 Å². The van der Waals surface area contributed by atoms with Crippen LogP contribution in [0.3, 0.4) is 0 Å². The van der Waals surface area contributed by atoms with Crippen LogP contribution in [0.5, 0.6) is 0 Å². The maximum absolute atomic E-state index is 13.3. The largest absolute Gasteiger partial charge is 0.385 e. The van der Waals surface area contributed by atoms with Gasteiger partial charge in [-0.25, -0.2) is 14.2 Å².